The van der Waals surface area contributed by atoms with E-state index in [1.165, 1.54) is 12.4 Å². The van der Waals surface area contributed by atoms with Crippen molar-refractivity contribution in [1.29, 1.82) is 0 Å². The van der Waals surface area contributed by atoms with Gasteiger partial charge in [-0.25, -0.2) is 23.7 Å². The molecule has 0 aliphatic carbocycles. The zero-order valence-corrected chi connectivity index (χ0v) is 12.9. The van der Waals surface area contributed by atoms with Gasteiger partial charge in [0.15, 0.2) is 0 Å². The molecule has 24 heavy (non-hydrogen) atoms. The fourth-order valence-corrected chi connectivity index (χ4v) is 2.08. The molecule has 8 heteroatoms. The molecule has 3 aromatic rings. The smallest absolute Gasteiger partial charge is 0.258 e. The summed E-state index contributed by atoms with van der Waals surface area (Å²) in [6.07, 6.45) is 4.40. The highest BCUT2D eigenvalue weighted by Crippen LogP contribution is 2.14. The van der Waals surface area contributed by atoms with Gasteiger partial charge >= 0.3 is 0 Å². The zero-order valence-electron chi connectivity index (χ0n) is 12.9. The SMILES string of the molecule is Cc1ncn(-c2ncc(NC(=O)c3ccc(F)cc3F)cn2)c1C. The number of aromatic nitrogens is 4. The monoisotopic (exact) mass is 329 g/mol. The van der Waals surface area contributed by atoms with Gasteiger partial charge in [0, 0.05) is 11.8 Å². The van der Waals surface area contributed by atoms with E-state index in [0.717, 1.165) is 23.5 Å². The number of hydrogen-bond donors (Lipinski definition) is 1. The fourth-order valence-electron chi connectivity index (χ4n) is 2.08. The standard InChI is InChI=1S/C16H13F2N5O/c1-9-10(2)23(8-21-9)16-19-6-12(7-20-16)22-15(24)13-4-3-11(17)5-14(13)18/h3-8H,1-2H3,(H,22,24). The van der Waals surface area contributed by atoms with Crippen molar-refractivity contribution in [3.63, 3.8) is 0 Å². The summed E-state index contributed by atoms with van der Waals surface area (Å²) < 4.78 is 28.2. The first-order valence-corrected chi connectivity index (χ1v) is 7.05. The van der Waals surface area contributed by atoms with Crippen LogP contribution in [0.4, 0.5) is 14.5 Å². The van der Waals surface area contributed by atoms with Crippen LogP contribution in [-0.2, 0) is 0 Å². The second-order valence-electron chi connectivity index (χ2n) is 5.14. The molecule has 6 nitrogen and oxygen atoms in total. The van der Waals surface area contributed by atoms with E-state index in [1.807, 2.05) is 13.8 Å². The summed E-state index contributed by atoms with van der Waals surface area (Å²) in [5.74, 6) is -1.99. The van der Waals surface area contributed by atoms with Crippen molar-refractivity contribution in [2.45, 2.75) is 13.8 Å². The number of halogens is 2. The molecule has 0 unspecified atom stereocenters. The molecule has 3 rings (SSSR count). The summed E-state index contributed by atoms with van der Waals surface area (Å²) in [6.45, 7) is 3.76. The van der Waals surface area contributed by atoms with Crippen LogP contribution in [0.5, 0.6) is 0 Å². The van der Waals surface area contributed by atoms with Crippen LogP contribution in [0, 0.1) is 25.5 Å². The van der Waals surface area contributed by atoms with E-state index in [-0.39, 0.29) is 5.56 Å². The molecule has 0 fully saturated rings. The Morgan fingerprint density at radius 3 is 2.42 bits per heavy atom. The summed E-state index contributed by atoms with van der Waals surface area (Å²) in [5.41, 5.74) is 1.80. The van der Waals surface area contributed by atoms with Crippen molar-refractivity contribution < 1.29 is 13.6 Å². The average Bonchev–Trinajstić information content (AvgIpc) is 2.87. The van der Waals surface area contributed by atoms with Gasteiger partial charge in [-0.1, -0.05) is 0 Å². The maximum atomic E-state index is 13.6. The molecule has 0 aliphatic rings. The third kappa shape index (κ3) is 2.98. The number of carbonyl (C=O) groups is 1. The van der Waals surface area contributed by atoms with Gasteiger partial charge in [-0.2, -0.15) is 0 Å². The van der Waals surface area contributed by atoms with Crippen LogP contribution in [0.15, 0.2) is 36.9 Å². The quantitative estimate of drug-likeness (QED) is 0.802. The number of aryl methyl sites for hydroxylation is 1. The minimum Gasteiger partial charge on any atom is -0.319 e. The molecule has 0 bridgehead atoms. The Balaban J connectivity index is 1.79. The summed E-state index contributed by atoms with van der Waals surface area (Å²) in [6, 6.07) is 2.74. The van der Waals surface area contributed by atoms with E-state index in [4.69, 9.17) is 0 Å². The van der Waals surface area contributed by atoms with Gasteiger partial charge in [0.05, 0.1) is 29.3 Å². The topological polar surface area (TPSA) is 72.7 Å². The molecule has 0 spiro atoms. The van der Waals surface area contributed by atoms with Gasteiger partial charge in [0.1, 0.15) is 18.0 Å². The molecule has 1 N–H and O–H groups in total. The molecule has 0 aliphatic heterocycles. The van der Waals surface area contributed by atoms with Crippen LogP contribution >= 0.6 is 0 Å². The maximum Gasteiger partial charge on any atom is 0.258 e. The molecule has 0 atom stereocenters. The second kappa shape index (κ2) is 6.15. The van der Waals surface area contributed by atoms with Gasteiger partial charge in [-0.3, -0.25) is 9.36 Å². The van der Waals surface area contributed by atoms with Crippen molar-refractivity contribution in [2.75, 3.05) is 5.32 Å². The molecule has 0 saturated heterocycles. The van der Waals surface area contributed by atoms with Crippen molar-refractivity contribution in [2.24, 2.45) is 0 Å². The summed E-state index contributed by atoms with van der Waals surface area (Å²) in [7, 11) is 0. The Bertz CT molecular complexity index is 905. The number of rotatable bonds is 3. The van der Waals surface area contributed by atoms with Crippen LogP contribution in [0.25, 0.3) is 5.95 Å². The second-order valence-corrected chi connectivity index (χ2v) is 5.14. The molecular formula is C16H13F2N5O. The van der Waals surface area contributed by atoms with Gasteiger partial charge in [-0.05, 0) is 26.0 Å². The Hall–Kier alpha value is -3.16. The van der Waals surface area contributed by atoms with E-state index in [0.29, 0.717) is 17.7 Å². The highest BCUT2D eigenvalue weighted by molar-refractivity contribution is 6.04. The molecule has 1 amide bonds. The normalized spacial score (nSPS) is 10.7. The number of benzene rings is 1. The molecule has 2 heterocycles. The number of nitrogens with one attached hydrogen (secondary N) is 1. The van der Waals surface area contributed by atoms with Crippen molar-refractivity contribution in [1.82, 2.24) is 19.5 Å². The Morgan fingerprint density at radius 1 is 1.12 bits per heavy atom. The molecule has 0 radical (unpaired) electrons. The van der Waals surface area contributed by atoms with Crippen LogP contribution in [0.2, 0.25) is 0 Å². The summed E-state index contributed by atoms with van der Waals surface area (Å²) in [5, 5.41) is 2.47. The van der Waals surface area contributed by atoms with Crippen LogP contribution in [-0.4, -0.2) is 25.4 Å². The van der Waals surface area contributed by atoms with E-state index in [9.17, 15) is 13.6 Å². The third-order valence-electron chi connectivity index (χ3n) is 3.54. The lowest BCUT2D eigenvalue weighted by atomic mass is 10.2. The summed E-state index contributed by atoms with van der Waals surface area (Å²) in [4.78, 5) is 24.5. The summed E-state index contributed by atoms with van der Waals surface area (Å²) >= 11 is 0. The van der Waals surface area contributed by atoms with E-state index in [2.05, 4.69) is 20.3 Å². The predicted molar refractivity (Wildman–Crippen MR) is 82.9 cm³/mol. The number of nitrogens with zero attached hydrogens (tertiary/aromatic N) is 4. The average molecular weight is 329 g/mol. The van der Waals surface area contributed by atoms with Crippen LogP contribution in [0.1, 0.15) is 21.7 Å². The lowest BCUT2D eigenvalue weighted by Gasteiger charge is -2.07. The largest absolute Gasteiger partial charge is 0.319 e. The maximum absolute atomic E-state index is 13.6. The predicted octanol–water partition coefficient (Wildman–Crippen LogP) is 2.81. The molecule has 1 aromatic carbocycles. The van der Waals surface area contributed by atoms with E-state index in [1.54, 1.807) is 10.9 Å². The van der Waals surface area contributed by atoms with E-state index < -0.39 is 17.5 Å². The number of amides is 1. The van der Waals surface area contributed by atoms with Crippen molar-refractivity contribution in [3.05, 3.63) is 65.5 Å². The van der Waals surface area contributed by atoms with Gasteiger partial charge < -0.3 is 5.32 Å². The van der Waals surface area contributed by atoms with Crippen molar-refractivity contribution >= 4 is 11.6 Å². The van der Waals surface area contributed by atoms with Gasteiger partial charge in [0.2, 0.25) is 5.95 Å². The minimum absolute atomic E-state index is 0.262. The molecular weight excluding hydrogens is 316 g/mol. The fraction of sp³-hybridized carbons (Fsp3) is 0.125. The number of hydrogen-bond acceptors (Lipinski definition) is 4. The van der Waals surface area contributed by atoms with Gasteiger partial charge in [0.25, 0.3) is 5.91 Å². The molecule has 122 valence electrons. The van der Waals surface area contributed by atoms with Crippen molar-refractivity contribution in [3.8, 4) is 5.95 Å². The number of imidazole rings is 1. The zero-order chi connectivity index (χ0) is 17.3. The Morgan fingerprint density at radius 2 is 1.83 bits per heavy atom. The first-order chi connectivity index (χ1) is 11.5. The molecule has 0 saturated carbocycles. The van der Waals surface area contributed by atoms with E-state index >= 15 is 0 Å². The lowest BCUT2D eigenvalue weighted by molar-refractivity contribution is 0.102. The lowest BCUT2D eigenvalue weighted by Crippen LogP contribution is -2.14. The minimum atomic E-state index is -0.936. The first kappa shape index (κ1) is 15.7. The Kier molecular flexibility index (Phi) is 4.03. The van der Waals surface area contributed by atoms with Crippen LogP contribution < -0.4 is 5.32 Å². The third-order valence-corrected chi connectivity index (χ3v) is 3.54. The first-order valence-electron chi connectivity index (χ1n) is 7.05. The Labute approximate surface area is 136 Å². The highest BCUT2D eigenvalue weighted by atomic mass is 19.1. The van der Waals surface area contributed by atoms with Crippen LogP contribution in [0.3, 0.4) is 0 Å². The number of carbonyl (C=O) groups excluding carboxylic acids is 1. The van der Waals surface area contributed by atoms with Gasteiger partial charge in [-0.15, -0.1) is 0 Å². The number of anilines is 1. The highest BCUT2D eigenvalue weighted by Gasteiger charge is 2.13. The molecule has 2 aromatic heterocycles.